The van der Waals surface area contributed by atoms with E-state index in [4.69, 9.17) is 11.5 Å². The van der Waals surface area contributed by atoms with Crippen LogP contribution in [0.25, 0.3) is 0 Å². The van der Waals surface area contributed by atoms with Crippen LogP contribution in [0.5, 0.6) is 0 Å². The Kier molecular flexibility index (Phi) is 2.36. The van der Waals surface area contributed by atoms with Crippen molar-refractivity contribution in [2.45, 2.75) is 0 Å². The van der Waals surface area contributed by atoms with Gasteiger partial charge in [0.05, 0.1) is 18.4 Å². The minimum atomic E-state index is -0.648. The molecule has 0 fully saturated rings. The number of hydrogen-bond acceptors (Lipinski definition) is 4. The number of nitrogen functional groups attached to an aromatic ring is 2. The topological polar surface area (TPSA) is 78.3 Å². The van der Waals surface area contributed by atoms with E-state index in [2.05, 4.69) is 4.74 Å². The molecule has 0 heterocycles. The average molecular weight is 184 g/mol. The summed E-state index contributed by atoms with van der Waals surface area (Å²) in [6, 6.07) is 2.14. The molecule has 1 rings (SSSR count). The number of hydrogen-bond donors (Lipinski definition) is 2. The molecule has 1 aromatic rings. The first-order valence-electron chi connectivity index (χ1n) is 3.49. The van der Waals surface area contributed by atoms with Crippen LogP contribution in [0.3, 0.4) is 0 Å². The summed E-state index contributed by atoms with van der Waals surface area (Å²) in [6.45, 7) is 0. The van der Waals surface area contributed by atoms with Crippen LogP contribution in [-0.2, 0) is 4.74 Å². The van der Waals surface area contributed by atoms with Crippen molar-refractivity contribution in [1.82, 2.24) is 0 Å². The molecule has 0 aliphatic heterocycles. The number of halogens is 1. The van der Waals surface area contributed by atoms with Crippen molar-refractivity contribution in [2.75, 3.05) is 18.6 Å². The van der Waals surface area contributed by atoms with Crippen molar-refractivity contribution in [3.8, 4) is 0 Å². The molecule has 0 saturated heterocycles. The molecule has 0 aliphatic carbocycles. The lowest BCUT2D eigenvalue weighted by Gasteiger charge is -2.05. The Labute approximate surface area is 74.3 Å². The number of methoxy groups -OCH3 is 1. The first-order chi connectivity index (χ1) is 6.06. The van der Waals surface area contributed by atoms with Crippen LogP contribution in [0.1, 0.15) is 10.4 Å². The van der Waals surface area contributed by atoms with Gasteiger partial charge < -0.3 is 16.2 Å². The second-order valence-corrected chi connectivity index (χ2v) is 2.45. The molecule has 0 aliphatic rings. The van der Waals surface area contributed by atoms with E-state index in [0.29, 0.717) is 0 Å². The fourth-order valence-electron chi connectivity index (χ4n) is 0.892. The summed E-state index contributed by atoms with van der Waals surface area (Å²) in [4.78, 5) is 11.0. The maximum Gasteiger partial charge on any atom is 0.340 e. The fraction of sp³-hybridized carbons (Fsp3) is 0.125. The highest BCUT2D eigenvalue weighted by Gasteiger charge is 2.12. The van der Waals surface area contributed by atoms with E-state index < -0.39 is 11.8 Å². The van der Waals surface area contributed by atoms with E-state index >= 15 is 0 Å². The predicted octanol–water partition coefficient (Wildman–Crippen LogP) is 0.777. The SMILES string of the molecule is COC(=O)c1cc(N)c(F)cc1N. The van der Waals surface area contributed by atoms with Gasteiger partial charge >= 0.3 is 5.97 Å². The van der Waals surface area contributed by atoms with Crippen LogP contribution in [0.4, 0.5) is 15.8 Å². The molecule has 0 aromatic heterocycles. The van der Waals surface area contributed by atoms with Gasteiger partial charge in [-0.1, -0.05) is 0 Å². The van der Waals surface area contributed by atoms with E-state index in [-0.39, 0.29) is 16.9 Å². The number of ether oxygens (including phenoxy) is 1. The first-order valence-corrected chi connectivity index (χ1v) is 3.49. The van der Waals surface area contributed by atoms with Crippen LogP contribution in [0, 0.1) is 5.82 Å². The zero-order chi connectivity index (χ0) is 10.0. The van der Waals surface area contributed by atoms with Crippen molar-refractivity contribution in [3.05, 3.63) is 23.5 Å². The lowest BCUT2D eigenvalue weighted by molar-refractivity contribution is 0.0602. The van der Waals surface area contributed by atoms with Gasteiger partial charge in [0.15, 0.2) is 0 Å². The second-order valence-electron chi connectivity index (χ2n) is 2.45. The number of rotatable bonds is 1. The quantitative estimate of drug-likeness (QED) is 0.499. The van der Waals surface area contributed by atoms with E-state index in [0.717, 1.165) is 12.1 Å². The van der Waals surface area contributed by atoms with Gasteiger partial charge in [0.2, 0.25) is 0 Å². The van der Waals surface area contributed by atoms with Gasteiger partial charge in [-0.3, -0.25) is 0 Å². The van der Waals surface area contributed by atoms with Gasteiger partial charge in [0.1, 0.15) is 5.82 Å². The fourth-order valence-corrected chi connectivity index (χ4v) is 0.892. The third-order valence-corrected chi connectivity index (χ3v) is 1.57. The Morgan fingerprint density at radius 3 is 2.54 bits per heavy atom. The molecule has 0 bridgehead atoms. The molecule has 13 heavy (non-hydrogen) atoms. The molecule has 0 amide bonds. The number of benzene rings is 1. The van der Waals surface area contributed by atoms with Crippen LogP contribution in [0.2, 0.25) is 0 Å². The molecule has 0 radical (unpaired) electrons. The third kappa shape index (κ3) is 1.69. The van der Waals surface area contributed by atoms with Gasteiger partial charge in [-0.25, -0.2) is 9.18 Å². The number of anilines is 2. The summed E-state index contributed by atoms with van der Waals surface area (Å²) in [7, 11) is 1.21. The minimum absolute atomic E-state index is 0.0125. The van der Waals surface area contributed by atoms with Gasteiger partial charge in [-0.05, 0) is 12.1 Å². The minimum Gasteiger partial charge on any atom is -0.465 e. The molecule has 1 aromatic carbocycles. The van der Waals surface area contributed by atoms with E-state index in [1.165, 1.54) is 7.11 Å². The summed E-state index contributed by atoms with van der Waals surface area (Å²) in [5, 5.41) is 0. The zero-order valence-corrected chi connectivity index (χ0v) is 7.00. The monoisotopic (exact) mass is 184 g/mol. The maximum atomic E-state index is 12.8. The Morgan fingerprint density at radius 2 is 2.00 bits per heavy atom. The van der Waals surface area contributed by atoms with Crippen molar-refractivity contribution < 1.29 is 13.9 Å². The lowest BCUT2D eigenvalue weighted by Crippen LogP contribution is -2.07. The molecule has 0 saturated carbocycles. The Balaban J connectivity index is 3.23. The van der Waals surface area contributed by atoms with Crippen LogP contribution in [0.15, 0.2) is 12.1 Å². The van der Waals surface area contributed by atoms with Crippen LogP contribution >= 0.6 is 0 Å². The highest BCUT2D eigenvalue weighted by Crippen LogP contribution is 2.20. The van der Waals surface area contributed by atoms with Gasteiger partial charge in [0, 0.05) is 5.69 Å². The van der Waals surface area contributed by atoms with Crippen LogP contribution in [-0.4, -0.2) is 13.1 Å². The van der Waals surface area contributed by atoms with E-state index in [9.17, 15) is 9.18 Å². The highest BCUT2D eigenvalue weighted by molar-refractivity contribution is 5.96. The third-order valence-electron chi connectivity index (χ3n) is 1.57. The van der Waals surface area contributed by atoms with Crippen molar-refractivity contribution in [1.29, 1.82) is 0 Å². The molecule has 5 heteroatoms. The van der Waals surface area contributed by atoms with Crippen LogP contribution < -0.4 is 11.5 Å². The highest BCUT2D eigenvalue weighted by atomic mass is 19.1. The Bertz CT molecular complexity index is 352. The molecule has 4 nitrogen and oxygen atoms in total. The molecule has 4 N–H and O–H groups in total. The molecule has 0 spiro atoms. The lowest BCUT2D eigenvalue weighted by atomic mass is 10.1. The number of carbonyl (C=O) groups is 1. The molecule has 0 unspecified atom stereocenters. The maximum absolute atomic E-state index is 12.8. The van der Waals surface area contributed by atoms with Gasteiger partial charge in [-0.15, -0.1) is 0 Å². The van der Waals surface area contributed by atoms with E-state index in [1.807, 2.05) is 0 Å². The van der Waals surface area contributed by atoms with E-state index in [1.54, 1.807) is 0 Å². The van der Waals surface area contributed by atoms with Crippen molar-refractivity contribution in [2.24, 2.45) is 0 Å². The normalized spacial score (nSPS) is 9.69. The summed E-state index contributed by atoms with van der Waals surface area (Å²) in [6.07, 6.45) is 0. The van der Waals surface area contributed by atoms with Crippen molar-refractivity contribution >= 4 is 17.3 Å². The largest absolute Gasteiger partial charge is 0.465 e. The Hall–Kier alpha value is -1.78. The smallest absolute Gasteiger partial charge is 0.340 e. The molecular formula is C8H9FN2O2. The summed E-state index contributed by atoms with van der Waals surface area (Å²) in [5.74, 6) is -1.28. The first kappa shape index (κ1) is 9.31. The van der Waals surface area contributed by atoms with Gasteiger partial charge in [0.25, 0.3) is 0 Å². The summed E-state index contributed by atoms with van der Waals surface area (Å²) >= 11 is 0. The average Bonchev–Trinajstić information content (AvgIpc) is 2.10. The number of esters is 1. The number of carbonyl (C=O) groups excluding carboxylic acids is 1. The molecular weight excluding hydrogens is 175 g/mol. The summed E-state index contributed by atoms with van der Waals surface area (Å²) < 4.78 is 17.2. The zero-order valence-electron chi connectivity index (χ0n) is 7.00. The standard InChI is InChI=1S/C8H9FN2O2/c1-13-8(12)4-2-7(11)5(9)3-6(4)10/h2-3H,10-11H2,1H3. The molecule has 70 valence electrons. The summed E-state index contributed by atoms with van der Waals surface area (Å²) in [5.41, 5.74) is 10.6. The van der Waals surface area contributed by atoms with Gasteiger partial charge in [-0.2, -0.15) is 0 Å². The predicted molar refractivity (Wildman–Crippen MR) is 46.6 cm³/mol. The Morgan fingerprint density at radius 1 is 1.38 bits per heavy atom. The number of nitrogens with two attached hydrogens (primary N) is 2. The second kappa shape index (κ2) is 3.30. The molecule has 0 atom stereocenters. The van der Waals surface area contributed by atoms with Crippen molar-refractivity contribution in [3.63, 3.8) is 0 Å².